The molecule has 26 heavy (non-hydrogen) atoms. The maximum absolute atomic E-state index is 12.3. The lowest BCUT2D eigenvalue weighted by Gasteiger charge is -2.17. The smallest absolute Gasteiger partial charge is 0.369 e. The van der Waals surface area contributed by atoms with Gasteiger partial charge in [-0.3, -0.25) is 0 Å². The second kappa shape index (κ2) is 6.62. The van der Waals surface area contributed by atoms with Crippen LogP contribution < -0.4 is 14.2 Å². The van der Waals surface area contributed by atoms with Crippen molar-refractivity contribution in [2.24, 2.45) is 10.6 Å². The average molecular weight is 397 g/mol. The van der Waals surface area contributed by atoms with Gasteiger partial charge in [-0.25, -0.2) is 4.79 Å². The maximum Gasteiger partial charge on any atom is 0.369 e. The van der Waals surface area contributed by atoms with Gasteiger partial charge in [-0.05, 0) is 0 Å². The molecule has 7 nitrogen and oxygen atoms in total. The number of thioether (sulfide) groups is 2. The molecule has 0 atom stereocenters. The zero-order valence-corrected chi connectivity index (χ0v) is 16.9. The number of benzene rings is 1. The van der Waals surface area contributed by atoms with Crippen molar-refractivity contribution in [3.63, 3.8) is 0 Å². The first-order valence-electron chi connectivity index (χ1n) is 7.69. The molecule has 1 aromatic rings. The number of hydrogen-bond donors (Lipinski definition) is 1. The van der Waals surface area contributed by atoms with E-state index in [1.54, 1.807) is 0 Å². The zero-order chi connectivity index (χ0) is 19.2. The van der Waals surface area contributed by atoms with Crippen molar-refractivity contribution in [2.75, 3.05) is 21.3 Å². The molecule has 2 aliphatic rings. The monoisotopic (exact) mass is 397 g/mol. The van der Waals surface area contributed by atoms with Crippen LogP contribution in [0.5, 0.6) is 23.0 Å². The fraction of sp³-hybridized carbons (Fsp3) is 0.412. The average Bonchev–Trinajstić information content (AvgIpc) is 3.17. The highest BCUT2D eigenvalue weighted by atomic mass is 32.2. The lowest BCUT2D eigenvalue weighted by Crippen LogP contribution is -2.22. The van der Waals surface area contributed by atoms with Crippen molar-refractivity contribution in [1.29, 1.82) is 0 Å². The van der Waals surface area contributed by atoms with E-state index < -0.39 is 5.97 Å². The molecule has 2 heterocycles. The van der Waals surface area contributed by atoms with Crippen molar-refractivity contribution < 1.29 is 28.9 Å². The summed E-state index contributed by atoms with van der Waals surface area (Å²) >= 11 is 2.57. The SMILES string of the molecule is COc1c(O)c2c(c(OC)c1OC)S/C(=C1/C(=O)ON=C1C(C)(C)C)S2. The lowest BCUT2D eigenvalue weighted by molar-refractivity contribution is -0.136. The number of nitrogens with zero attached hydrogens (tertiary/aromatic N) is 1. The quantitative estimate of drug-likeness (QED) is 0.609. The van der Waals surface area contributed by atoms with Gasteiger partial charge in [0.25, 0.3) is 0 Å². The van der Waals surface area contributed by atoms with Gasteiger partial charge in [0.1, 0.15) is 11.3 Å². The summed E-state index contributed by atoms with van der Waals surface area (Å²) in [6, 6.07) is 0. The summed E-state index contributed by atoms with van der Waals surface area (Å²) in [6.07, 6.45) is 0. The molecule has 140 valence electrons. The number of phenols is 1. The number of phenolic OH excluding ortho intramolecular Hbond substituents is 1. The third kappa shape index (κ3) is 2.79. The van der Waals surface area contributed by atoms with Gasteiger partial charge in [-0.15, -0.1) is 0 Å². The number of fused-ring (bicyclic) bond motifs is 1. The second-order valence-electron chi connectivity index (χ2n) is 6.54. The summed E-state index contributed by atoms with van der Waals surface area (Å²) in [5.41, 5.74) is 0.608. The predicted molar refractivity (Wildman–Crippen MR) is 99.5 cm³/mol. The molecular weight excluding hydrogens is 378 g/mol. The Morgan fingerprint density at radius 1 is 0.962 bits per heavy atom. The van der Waals surface area contributed by atoms with Crippen molar-refractivity contribution in [1.82, 2.24) is 0 Å². The summed E-state index contributed by atoms with van der Waals surface area (Å²) in [4.78, 5) is 18.4. The van der Waals surface area contributed by atoms with Crippen LogP contribution in [0.4, 0.5) is 0 Å². The van der Waals surface area contributed by atoms with E-state index in [0.717, 1.165) is 0 Å². The van der Waals surface area contributed by atoms with Crippen LogP contribution in [-0.2, 0) is 9.63 Å². The minimum atomic E-state index is -0.505. The molecule has 0 fully saturated rings. The number of oxime groups is 1. The topological polar surface area (TPSA) is 86.6 Å². The van der Waals surface area contributed by atoms with Crippen LogP contribution in [0, 0.1) is 5.41 Å². The molecule has 0 amide bonds. The first-order valence-corrected chi connectivity index (χ1v) is 9.32. The van der Waals surface area contributed by atoms with Gasteiger partial charge < -0.3 is 24.2 Å². The van der Waals surface area contributed by atoms with Gasteiger partial charge in [-0.1, -0.05) is 49.5 Å². The van der Waals surface area contributed by atoms with Crippen molar-refractivity contribution in [2.45, 2.75) is 30.6 Å². The molecule has 9 heteroatoms. The third-order valence-electron chi connectivity index (χ3n) is 3.83. The maximum atomic E-state index is 12.3. The first kappa shape index (κ1) is 18.8. The Bertz CT molecular complexity index is 854. The summed E-state index contributed by atoms with van der Waals surface area (Å²) < 4.78 is 16.8. The third-order valence-corrected chi connectivity index (χ3v) is 6.44. The molecule has 0 spiro atoms. The van der Waals surface area contributed by atoms with Gasteiger partial charge in [0, 0.05) is 5.41 Å². The van der Waals surface area contributed by atoms with Crippen LogP contribution in [0.3, 0.4) is 0 Å². The first-order chi connectivity index (χ1) is 12.2. The summed E-state index contributed by atoms with van der Waals surface area (Å²) in [7, 11) is 4.42. The standard InChI is InChI=1S/C17H19NO6S2/c1-17(2,3)14-7(15(20)24-18-14)16-25-12-8(19)9(21-4)10(22-5)11(23-6)13(12)26-16/h19H,1-6H3/b16-7+. The predicted octanol–water partition coefficient (Wildman–Crippen LogP) is 3.79. The fourth-order valence-electron chi connectivity index (χ4n) is 2.65. The van der Waals surface area contributed by atoms with Gasteiger partial charge in [0.15, 0.2) is 11.5 Å². The summed E-state index contributed by atoms with van der Waals surface area (Å²) in [5, 5.41) is 14.6. The van der Waals surface area contributed by atoms with Crippen molar-refractivity contribution in [3.8, 4) is 23.0 Å². The Balaban J connectivity index is 2.19. The van der Waals surface area contributed by atoms with E-state index in [9.17, 15) is 9.90 Å². The van der Waals surface area contributed by atoms with Crippen molar-refractivity contribution in [3.05, 3.63) is 9.81 Å². The van der Waals surface area contributed by atoms with Crippen molar-refractivity contribution >= 4 is 35.2 Å². The number of rotatable bonds is 3. The summed E-state index contributed by atoms with van der Waals surface area (Å²) in [6.45, 7) is 5.86. The highest BCUT2D eigenvalue weighted by Crippen LogP contribution is 2.64. The van der Waals surface area contributed by atoms with E-state index in [-0.39, 0.29) is 16.9 Å². The lowest BCUT2D eigenvalue weighted by atomic mass is 9.86. The number of hydrogen-bond acceptors (Lipinski definition) is 9. The molecule has 3 rings (SSSR count). The van der Waals surface area contributed by atoms with E-state index >= 15 is 0 Å². The van der Waals surface area contributed by atoms with E-state index in [1.165, 1.54) is 44.9 Å². The number of ether oxygens (including phenoxy) is 3. The zero-order valence-electron chi connectivity index (χ0n) is 15.3. The largest absolute Gasteiger partial charge is 0.503 e. The summed E-state index contributed by atoms with van der Waals surface area (Å²) in [5.74, 6) is 0.348. The van der Waals surface area contributed by atoms with Crippen LogP contribution in [0.25, 0.3) is 0 Å². The molecule has 0 radical (unpaired) electrons. The minimum absolute atomic E-state index is 0.0612. The fourth-order valence-corrected chi connectivity index (χ4v) is 5.33. The molecule has 1 N–H and O–H groups in total. The van der Waals surface area contributed by atoms with Crippen LogP contribution in [0.15, 0.2) is 24.8 Å². The highest BCUT2D eigenvalue weighted by molar-refractivity contribution is 8.25. The van der Waals surface area contributed by atoms with E-state index in [4.69, 9.17) is 19.0 Å². The molecule has 0 saturated carbocycles. The van der Waals surface area contributed by atoms with Gasteiger partial charge >= 0.3 is 5.97 Å². The normalized spacial score (nSPS) is 19.2. The van der Waals surface area contributed by atoms with Crippen LogP contribution in [-0.4, -0.2) is 38.1 Å². The Hall–Kier alpha value is -2.00. The highest BCUT2D eigenvalue weighted by Gasteiger charge is 2.41. The van der Waals surface area contributed by atoms with E-state index in [1.807, 2.05) is 20.8 Å². The molecule has 0 saturated heterocycles. The van der Waals surface area contributed by atoms with E-state index in [2.05, 4.69) is 5.16 Å². The number of carbonyl (C=O) groups excluding carboxylic acids is 1. The molecule has 0 unspecified atom stereocenters. The minimum Gasteiger partial charge on any atom is -0.503 e. The van der Waals surface area contributed by atoms with Crippen LogP contribution in [0.2, 0.25) is 0 Å². The molecule has 0 bridgehead atoms. The molecule has 0 aliphatic carbocycles. The van der Waals surface area contributed by atoms with Crippen LogP contribution >= 0.6 is 23.5 Å². The van der Waals surface area contributed by atoms with E-state index in [0.29, 0.717) is 36.8 Å². The Labute approximate surface area is 159 Å². The van der Waals surface area contributed by atoms with Gasteiger partial charge in [0.2, 0.25) is 11.5 Å². The van der Waals surface area contributed by atoms with Gasteiger partial charge in [0.05, 0.1) is 35.4 Å². The van der Waals surface area contributed by atoms with Crippen LogP contribution in [0.1, 0.15) is 20.8 Å². The Kier molecular flexibility index (Phi) is 4.78. The molecular formula is C17H19NO6S2. The molecule has 2 aliphatic heterocycles. The Morgan fingerprint density at radius 2 is 1.54 bits per heavy atom. The second-order valence-corrected chi connectivity index (χ2v) is 8.84. The number of aromatic hydroxyl groups is 1. The number of carbonyl (C=O) groups is 1. The molecule has 0 aromatic heterocycles. The molecule has 1 aromatic carbocycles. The van der Waals surface area contributed by atoms with Gasteiger partial charge in [-0.2, -0.15) is 0 Å². The Morgan fingerprint density at radius 3 is 2.08 bits per heavy atom. The number of methoxy groups -OCH3 is 3.